The van der Waals surface area contributed by atoms with E-state index in [0.29, 0.717) is 6.42 Å². The summed E-state index contributed by atoms with van der Waals surface area (Å²) in [5, 5.41) is 10.4. The van der Waals surface area contributed by atoms with Crippen molar-refractivity contribution >= 4 is 0 Å². The minimum atomic E-state index is -0.464. The number of rotatable bonds is 2. The van der Waals surface area contributed by atoms with Crippen molar-refractivity contribution in [2.24, 2.45) is 0 Å². The van der Waals surface area contributed by atoms with E-state index in [-0.39, 0.29) is 11.0 Å². The molecule has 0 saturated heterocycles. The maximum atomic E-state index is 10.4. The highest BCUT2D eigenvalue weighted by Gasteiger charge is 2.33. The zero-order chi connectivity index (χ0) is 8.27. The molecule has 4 heteroatoms. The second-order valence-corrected chi connectivity index (χ2v) is 2.91. The van der Waals surface area contributed by atoms with Gasteiger partial charge in [0.1, 0.15) is 6.10 Å². The minimum Gasteiger partial charge on any atom is -0.374 e. The summed E-state index contributed by atoms with van der Waals surface area (Å²) in [7, 11) is 1.55. The van der Waals surface area contributed by atoms with Gasteiger partial charge >= 0.3 is 0 Å². The van der Waals surface area contributed by atoms with E-state index < -0.39 is 6.04 Å². The molecule has 1 aliphatic rings. The molecule has 0 amide bonds. The maximum Gasteiger partial charge on any atom is 0.238 e. The van der Waals surface area contributed by atoms with Gasteiger partial charge < -0.3 is 4.74 Å². The van der Waals surface area contributed by atoms with Gasteiger partial charge in [0.05, 0.1) is 0 Å². The van der Waals surface area contributed by atoms with Crippen LogP contribution in [0.3, 0.4) is 0 Å². The van der Waals surface area contributed by atoms with Gasteiger partial charge in [-0.1, -0.05) is 6.42 Å². The lowest BCUT2D eigenvalue weighted by atomic mass is 9.93. The monoisotopic (exact) mass is 159 g/mol. The summed E-state index contributed by atoms with van der Waals surface area (Å²) in [5.41, 5.74) is 0. The molecule has 0 heterocycles. The lowest BCUT2D eigenvalue weighted by Crippen LogP contribution is -2.37. The van der Waals surface area contributed by atoms with Gasteiger partial charge in [0.25, 0.3) is 0 Å². The van der Waals surface area contributed by atoms with Crippen LogP contribution in [0.5, 0.6) is 0 Å². The molecule has 64 valence electrons. The molecule has 1 fully saturated rings. The van der Waals surface area contributed by atoms with Crippen LogP contribution in [0, 0.1) is 10.1 Å². The standard InChI is InChI=1S/C7H13NO3/c1-11-7-5-3-2-4-6(7)8(9)10/h6-7H,2-5H2,1H3/t6-,7-/m1/s1. The van der Waals surface area contributed by atoms with Crippen molar-refractivity contribution in [1.29, 1.82) is 0 Å². The Morgan fingerprint density at radius 3 is 2.55 bits per heavy atom. The molecule has 0 aromatic heterocycles. The molecule has 0 N–H and O–H groups in total. The first-order valence-corrected chi connectivity index (χ1v) is 3.92. The van der Waals surface area contributed by atoms with E-state index in [0.717, 1.165) is 19.3 Å². The molecular weight excluding hydrogens is 146 g/mol. The Kier molecular flexibility index (Phi) is 2.82. The number of methoxy groups -OCH3 is 1. The van der Waals surface area contributed by atoms with E-state index in [9.17, 15) is 10.1 Å². The van der Waals surface area contributed by atoms with E-state index >= 15 is 0 Å². The Balaban J connectivity index is 2.51. The molecule has 1 saturated carbocycles. The fraction of sp³-hybridized carbons (Fsp3) is 1.00. The third-order valence-corrected chi connectivity index (χ3v) is 2.24. The van der Waals surface area contributed by atoms with Crippen molar-refractivity contribution in [2.45, 2.75) is 37.8 Å². The molecule has 0 aliphatic heterocycles. The van der Waals surface area contributed by atoms with Crippen LogP contribution >= 0.6 is 0 Å². The molecule has 0 bridgehead atoms. The number of hydrogen-bond donors (Lipinski definition) is 0. The molecule has 1 aliphatic carbocycles. The van der Waals surface area contributed by atoms with Crippen molar-refractivity contribution in [2.75, 3.05) is 7.11 Å². The first-order chi connectivity index (χ1) is 5.25. The van der Waals surface area contributed by atoms with Crippen molar-refractivity contribution in [1.82, 2.24) is 0 Å². The average Bonchev–Trinajstić information content (AvgIpc) is 2.04. The number of nitro groups is 1. The lowest BCUT2D eigenvalue weighted by molar-refractivity contribution is -0.538. The molecule has 11 heavy (non-hydrogen) atoms. The Morgan fingerprint density at radius 1 is 1.45 bits per heavy atom. The van der Waals surface area contributed by atoms with Crippen LogP contribution in [0.25, 0.3) is 0 Å². The molecular formula is C7H13NO3. The summed E-state index contributed by atoms with van der Waals surface area (Å²) in [4.78, 5) is 10.2. The summed E-state index contributed by atoms with van der Waals surface area (Å²) in [6.07, 6.45) is 3.38. The summed E-state index contributed by atoms with van der Waals surface area (Å²) >= 11 is 0. The topological polar surface area (TPSA) is 52.4 Å². The number of ether oxygens (including phenoxy) is 1. The second kappa shape index (κ2) is 3.67. The van der Waals surface area contributed by atoms with E-state index in [1.165, 1.54) is 0 Å². The smallest absolute Gasteiger partial charge is 0.238 e. The Bertz CT molecular complexity index is 149. The van der Waals surface area contributed by atoms with Gasteiger partial charge in [0.15, 0.2) is 0 Å². The van der Waals surface area contributed by atoms with Gasteiger partial charge in [-0.15, -0.1) is 0 Å². The number of nitrogens with zero attached hydrogens (tertiary/aromatic N) is 1. The largest absolute Gasteiger partial charge is 0.374 e. The van der Waals surface area contributed by atoms with Crippen LogP contribution in [0.15, 0.2) is 0 Å². The van der Waals surface area contributed by atoms with Gasteiger partial charge in [-0.25, -0.2) is 0 Å². The SMILES string of the molecule is CO[C@@H]1CCCC[C@H]1[N+](=O)[O-]. The van der Waals surface area contributed by atoms with Crippen LogP contribution in [0.2, 0.25) is 0 Å². The van der Waals surface area contributed by atoms with Crippen molar-refractivity contribution in [3.8, 4) is 0 Å². The molecule has 0 unspecified atom stereocenters. The highest BCUT2D eigenvalue weighted by molar-refractivity contribution is 4.74. The fourth-order valence-electron chi connectivity index (χ4n) is 1.59. The highest BCUT2D eigenvalue weighted by atomic mass is 16.6. The molecule has 0 aromatic carbocycles. The van der Waals surface area contributed by atoms with Crippen LogP contribution < -0.4 is 0 Å². The molecule has 2 atom stereocenters. The number of hydrogen-bond acceptors (Lipinski definition) is 3. The van der Waals surface area contributed by atoms with Crippen molar-refractivity contribution in [3.63, 3.8) is 0 Å². The maximum absolute atomic E-state index is 10.4. The molecule has 0 spiro atoms. The molecule has 0 aromatic rings. The first kappa shape index (κ1) is 8.46. The molecule has 0 radical (unpaired) electrons. The minimum absolute atomic E-state index is 0.154. The lowest BCUT2D eigenvalue weighted by Gasteiger charge is -2.23. The summed E-state index contributed by atoms with van der Waals surface area (Å²) in [6, 6.07) is -0.464. The Labute approximate surface area is 65.7 Å². The summed E-state index contributed by atoms with van der Waals surface area (Å²) < 4.78 is 5.02. The third-order valence-electron chi connectivity index (χ3n) is 2.24. The quantitative estimate of drug-likeness (QED) is 0.449. The highest BCUT2D eigenvalue weighted by Crippen LogP contribution is 2.22. The van der Waals surface area contributed by atoms with E-state index in [1.54, 1.807) is 7.11 Å². The Hall–Kier alpha value is -0.640. The van der Waals surface area contributed by atoms with Crippen molar-refractivity contribution in [3.05, 3.63) is 10.1 Å². The van der Waals surface area contributed by atoms with Crippen LogP contribution in [0.1, 0.15) is 25.7 Å². The van der Waals surface area contributed by atoms with Crippen LogP contribution in [-0.4, -0.2) is 24.2 Å². The third kappa shape index (κ3) is 1.89. The van der Waals surface area contributed by atoms with E-state index in [4.69, 9.17) is 4.74 Å². The zero-order valence-electron chi connectivity index (χ0n) is 6.66. The van der Waals surface area contributed by atoms with Gasteiger partial charge in [0, 0.05) is 18.5 Å². The van der Waals surface area contributed by atoms with E-state index in [2.05, 4.69) is 0 Å². The van der Waals surface area contributed by atoms with Crippen LogP contribution in [-0.2, 0) is 4.74 Å². The first-order valence-electron chi connectivity index (χ1n) is 3.92. The van der Waals surface area contributed by atoms with Gasteiger partial charge in [0.2, 0.25) is 6.04 Å². The fourth-order valence-corrected chi connectivity index (χ4v) is 1.59. The molecule has 4 nitrogen and oxygen atoms in total. The van der Waals surface area contributed by atoms with Gasteiger partial charge in [-0.3, -0.25) is 10.1 Å². The predicted octanol–water partition coefficient (Wildman–Crippen LogP) is 1.22. The van der Waals surface area contributed by atoms with Gasteiger partial charge in [-0.2, -0.15) is 0 Å². The normalized spacial score (nSPS) is 31.7. The van der Waals surface area contributed by atoms with E-state index in [1.807, 2.05) is 0 Å². The zero-order valence-corrected chi connectivity index (χ0v) is 6.66. The average molecular weight is 159 g/mol. The van der Waals surface area contributed by atoms with Crippen molar-refractivity contribution < 1.29 is 9.66 Å². The summed E-state index contributed by atoms with van der Waals surface area (Å²) in [6.45, 7) is 0. The summed E-state index contributed by atoms with van der Waals surface area (Å²) in [5.74, 6) is 0. The Morgan fingerprint density at radius 2 is 2.09 bits per heavy atom. The second-order valence-electron chi connectivity index (χ2n) is 2.91. The van der Waals surface area contributed by atoms with Crippen LogP contribution in [0.4, 0.5) is 0 Å². The molecule has 1 rings (SSSR count). The van der Waals surface area contributed by atoms with Gasteiger partial charge in [-0.05, 0) is 12.8 Å². The predicted molar refractivity (Wildman–Crippen MR) is 40.0 cm³/mol.